The number of carboxylic acid groups (broad SMARTS) is 3. The first-order valence-corrected chi connectivity index (χ1v) is 3.54. The van der Waals surface area contributed by atoms with Gasteiger partial charge in [-0.15, -0.1) is 0 Å². The van der Waals surface area contributed by atoms with Gasteiger partial charge in [0.2, 0.25) is 0 Å². The van der Waals surface area contributed by atoms with Crippen molar-refractivity contribution in [3.05, 3.63) is 0 Å². The quantitative estimate of drug-likeness (QED) is 0.490. The number of carboxylic acids is 3. The van der Waals surface area contributed by atoms with Crippen LogP contribution in [0.25, 0.3) is 0 Å². The van der Waals surface area contributed by atoms with Crippen molar-refractivity contribution >= 4 is 17.9 Å². The SMILES string of the molecule is C[C@@](O)(C(=O)[O-])[C@@H](CC(=O)[O-])C(=O)[O-].[Na+].[Na+].[Na+]. The predicted molar refractivity (Wildman–Crippen MR) is 33.8 cm³/mol. The topological polar surface area (TPSA) is 141 Å². The summed E-state index contributed by atoms with van der Waals surface area (Å²) < 4.78 is 0. The van der Waals surface area contributed by atoms with Crippen LogP contribution in [0.4, 0.5) is 0 Å². The molecule has 10 heteroatoms. The molecule has 0 saturated heterocycles. The van der Waals surface area contributed by atoms with Crippen molar-refractivity contribution in [2.75, 3.05) is 0 Å². The molecule has 1 N–H and O–H groups in total. The fraction of sp³-hybridized carbons (Fsp3) is 0.571. The summed E-state index contributed by atoms with van der Waals surface area (Å²) in [6.07, 6.45) is -1.16. The molecule has 0 aromatic carbocycles. The largest absolute Gasteiger partial charge is 1.00 e. The van der Waals surface area contributed by atoms with E-state index in [1.54, 1.807) is 0 Å². The molecule has 0 aliphatic heterocycles. The molecule has 0 rings (SSSR count). The van der Waals surface area contributed by atoms with Crippen LogP contribution in [0.1, 0.15) is 13.3 Å². The average Bonchev–Trinajstić information content (AvgIpc) is 1.98. The van der Waals surface area contributed by atoms with Gasteiger partial charge < -0.3 is 34.8 Å². The van der Waals surface area contributed by atoms with Crippen molar-refractivity contribution < 1.29 is 123 Å². The summed E-state index contributed by atoms with van der Waals surface area (Å²) in [5, 5.41) is 39.8. The monoisotopic (exact) mass is 272 g/mol. The van der Waals surface area contributed by atoms with Crippen molar-refractivity contribution in [1.82, 2.24) is 0 Å². The zero-order chi connectivity index (χ0) is 11.5. The molecule has 2 atom stereocenters. The Hall–Kier alpha value is 1.37. The van der Waals surface area contributed by atoms with E-state index in [0.717, 1.165) is 0 Å². The predicted octanol–water partition coefficient (Wildman–Crippen LogP) is -14.0. The van der Waals surface area contributed by atoms with E-state index in [4.69, 9.17) is 5.11 Å². The second-order valence-electron chi connectivity index (χ2n) is 2.88. The molecular weight excluding hydrogens is 265 g/mol. The third kappa shape index (κ3) is 8.99. The van der Waals surface area contributed by atoms with Crippen LogP contribution >= 0.6 is 0 Å². The van der Waals surface area contributed by atoms with Crippen LogP contribution in [0.3, 0.4) is 0 Å². The molecule has 80 valence electrons. The standard InChI is InChI=1S/C7H10O7.3Na/c1-7(14,6(12)13)3(5(10)11)2-4(8)9;;;/h3,14H,2H2,1H3,(H,8,9)(H,10,11)(H,12,13);;;/q;3*+1/p-3/t3-,7-;;;/m0.../s1. The van der Waals surface area contributed by atoms with Gasteiger partial charge in [0.15, 0.2) is 0 Å². The number of rotatable bonds is 5. The minimum absolute atomic E-state index is 0. The maximum absolute atomic E-state index is 10.3. The van der Waals surface area contributed by atoms with Crippen LogP contribution in [0.15, 0.2) is 0 Å². The Morgan fingerprint density at radius 1 is 1.12 bits per heavy atom. The van der Waals surface area contributed by atoms with E-state index < -0.39 is 35.8 Å². The van der Waals surface area contributed by atoms with Gasteiger partial charge in [-0.1, -0.05) is 0 Å². The van der Waals surface area contributed by atoms with Crippen LogP contribution in [-0.4, -0.2) is 28.6 Å². The maximum atomic E-state index is 10.3. The van der Waals surface area contributed by atoms with Crippen LogP contribution in [-0.2, 0) is 14.4 Å². The second-order valence-corrected chi connectivity index (χ2v) is 2.88. The first kappa shape index (κ1) is 26.8. The van der Waals surface area contributed by atoms with Crippen LogP contribution in [0, 0.1) is 5.92 Å². The Balaban J connectivity index is -0.000000282. The molecule has 7 nitrogen and oxygen atoms in total. The number of aliphatic hydroxyl groups is 1. The van der Waals surface area contributed by atoms with E-state index in [1.807, 2.05) is 0 Å². The number of carbonyl (C=O) groups excluding carboxylic acids is 3. The fourth-order valence-corrected chi connectivity index (χ4v) is 0.820. The van der Waals surface area contributed by atoms with Crippen LogP contribution < -0.4 is 104 Å². The molecule has 0 saturated carbocycles. The summed E-state index contributed by atoms with van der Waals surface area (Å²) in [7, 11) is 0. The number of hydrogen-bond donors (Lipinski definition) is 1. The van der Waals surface area contributed by atoms with E-state index in [2.05, 4.69) is 0 Å². The summed E-state index contributed by atoms with van der Waals surface area (Å²) >= 11 is 0. The van der Waals surface area contributed by atoms with Gasteiger partial charge in [-0.05, 0) is 13.3 Å². The Bertz CT molecular complexity index is 279. The molecule has 0 bridgehead atoms. The van der Waals surface area contributed by atoms with Gasteiger partial charge in [0.1, 0.15) is 5.60 Å². The minimum atomic E-state index is -2.81. The molecule has 0 spiro atoms. The van der Waals surface area contributed by atoms with Crippen molar-refractivity contribution in [3.63, 3.8) is 0 Å². The number of aliphatic carboxylic acids is 3. The van der Waals surface area contributed by atoms with E-state index >= 15 is 0 Å². The molecular formula is C7H7Na3O7. The van der Waals surface area contributed by atoms with Gasteiger partial charge >= 0.3 is 88.7 Å². The van der Waals surface area contributed by atoms with E-state index in [1.165, 1.54) is 0 Å². The Labute approximate surface area is 164 Å². The smallest absolute Gasteiger partial charge is 0.550 e. The summed E-state index contributed by atoms with van der Waals surface area (Å²) in [5.41, 5.74) is -2.81. The summed E-state index contributed by atoms with van der Waals surface area (Å²) in [4.78, 5) is 30.7. The number of hydrogen-bond acceptors (Lipinski definition) is 7. The molecule has 0 heterocycles. The molecule has 0 aromatic heterocycles. The van der Waals surface area contributed by atoms with Crippen LogP contribution in [0.5, 0.6) is 0 Å². The Morgan fingerprint density at radius 2 is 1.47 bits per heavy atom. The second kappa shape index (κ2) is 11.2. The van der Waals surface area contributed by atoms with Crippen molar-refractivity contribution in [3.8, 4) is 0 Å². The number of carbonyl (C=O) groups is 3. The van der Waals surface area contributed by atoms with Gasteiger partial charge in [-0.25, -0.2) is 0 Å². The average molecular weight is 272 g/mol. The van der Waals surface area contributed by atoms with Gasteiger partial charge in [0, 0.05) is 17.9 Å². The van der Waals surface area contributed by atoms with E-state index in [0.29, 0.717) is 6.92 Å². The van der Waals surface area contributed by atoms with Crippen LogP contribution in [0.2, 0.25) is 0 Å². The zero-order valence-electron chi connectivity index (χ0n) is 10.2. The normalized spacial score (nSPS) is 13.8. The summed E-state index contributed by atoms with van der Waals surface area (Å²) in [5.74, 6) is -8.01. The van der Waals surface area contributed by atoms with Crippen molar-refractivity contribution in [1.29, 1.82) is 0 Å². The molecule has 0 amide bonds. The third-order valence-corrected chi connectivity index (χ3v) is 1.75. The van der Waals surface area contributed by atoms with Gasteiger partial charge in [0.05, 0.1) is 5.97 Å². The summed E-state index contributed by atoms with van der Waals surface area (Å²) in [6, 6.07) is 0. The van der Waals surface area contributed by atoms with Crippen molar-refractivity contribution in [2.24, 2.45) is 5.92 Å². The van der Waals surface area contributed by atoms with E-state index in [-0.39, 0.29) is 88.7 Å². The fourth-order valence-electron chi connectivity index (χ4n) is 0.820. The molecule has 17 heavy (non-hydrogen) atoms. The summed E-state index contributed by atoms with van der Waals surface area (Å²) in [6.45, 7) is 0.617. The molecule has 0 unspecified atom stereocenters. The van der Waals surface area contributed by atoms with Gasteiger partial charge in [0.25, 0.3) is 0 Å². The molecule has 0 aliphatic rings. The van der Waals surface area contributed by atoms with Gasteiger partial charge in [-0.3, -0.25) is 0 Å². The molecule has 0 fully saturated rings. The van der Waals surface area contributed by atoms with Gasteiger partial charge in [-0.2, -0.15) is 0 Å². The zero-order valence-corrected chi connectivity index (χ0v) is 16.2. The third-order valence-electron chi connectivity index (χ3n) is 1.75. The van der Waals surface area contributed by atoms with Crippen molar-refractivity contribution in [2.45, 2.75) is 18.9 Å². The van der Waals surface area contributed by atoms with E-state index in [9.17, 15) is 29.7 Å². The first-order chi connectivity index (χ1) is 6.19. The Kier molecular flexibility index (Phi) is 17.7. The molecule has 0 radical (unpaired) electrons. The first-order valence-electron chi connectivity index (χ1n) is 3.54. The Morgan fingerprint density at radius 3 is 1.65 bits per heavy atom. The molecule has 0 aromatic rings. The molecule has 0 aliphatic carbocycles. The minimum Gasteiger partial charge on any atom is -0.550 e. The maximum Gasteiger partial charge on any atom is 1.00 e.